The van der Waals surface area contributed by atoms with E-state index in [-0.39, 0.29) is 22.0 Å². The summed E-state index contributed by atoms with van der Waals surface area (Å²) in [6, 6.07) is 2.70. The van der Waals surface area contributed by atoms with Gasteiger partial charge in [-0.05, 0) is 23.7 Å². The van der Waals surface area contributed by atoms with Crippen molar-refractivity contribution in [1.29, 1.82) is 0 Å². The van der Waals surface area contributed by atoms with Gasteiger partial charge in [0.1, 0.15) is 0 Å². The average molecular weight is 267 g/mol. The van der Waals surface area contributed by atoms with Crippen molar-refractivity contribution >= 4 is 29.2 Å². The van der Waals surface area contributed by atoms with Crippen molar-refractivity contribution in [2.75, 3.05) is 5.32 Å². The van der Waals surface area contributed by atoms with Crippen molar-refractivity contribution in [2.45, 2.75) is 0 Å². The van der Waals surface area contributed by atoms with Crippen LogP contribution in [-0.2, 0) is 0 Å². The molecule has 0 saturated heterocycles. The maximum atomic E-state index is 11.7. The lowest BCUT2D eigenvalue weighted by Crippen LogP contribution is -2.12. The molecule has 2 N–H and O–H groups in total. The zero-order valence-electron chi connectivity index (χ0n) is 8.88. The monoisotopic (exact) mass is 266 g/mol. The Morgan fingerprint density at radius 1 is 1.39 bits per heavy atom. The fourth-order valence-corrected chi connectivity index (χ4v) is 1.48. The summed E-state index contributed by atoms with van der Waals surface area (Å²) in [4.78, 5) is 26.2. The zero-order chi connectivity index (χ0) is 13.1. The highest BCUT2D eigenvalue weighted by Gasteiger charge is 2.14. The number of halogens is 1. The van der Waals surface area contributed by atoms with E-state index in [1.807, 2.05) is 0 Å². The minimum absolute atomic E-state index is 0.0221. The number of anilines is 1. The van der Waals surface area contributed by atoms with Gasteiger partial charge in [-0.15, -0.1) is 0 Å². The number of hydrogen-bond donors (Lipinski definition) is 2. The second-order valence-corrected chi connectivity index (χ2v) is 3.67. The van der Waals surface area contributed by atoms with Crippen LogP contribution in [0.25, 0.3) is 0 Å². The summed E-state index contributed by atoms with van der Waals surface area (Å²) in [6.07, 6.45) is 3.80. The molecule has 2 rings (SSSR count). The van der Waals surface area contributed by atoms with Crippen molar-refractivity contribution < 1.29 is 19.1 Å². The molecule has 1 amide bonds. The van der Waals surface area contributed by atoms with Crippen molar-refractivity contribution in [3.05, 3.63) is 47.1 Å². The van der Waals surface area contributed by atoms with Crippen LogP contribution in [0.3, 0.4) is 0 Å². The average Bonchev–Trinajstić information content (AvgIpc) is 2.76. The Bertz CT molecular complexity index is 609. The number of amides is 1. The van der Waals surface area contributed by atoms with Gasteiger partial charge in [0.05, 0.1) is 29.3 Å². The number of pyridine rings is 1. The largest absolute Gasteiger partial charge is 0.478 e. The predicted molar refractivity (Wildman–Crippen MR) is 62.9 cm³/mol. The van der Waals surface area contributed by atoms with Crippen LogP contribution < -0.4 is 5.32 Å². The van der Waals surface area contributed by atoms with Gasteiger partial charge in [0.2, 0.25) is 5.22 Å². The Kier molecular flexibility index (Phi) is 3.29. The van der Waals surface area contributed by atoms with E-state index in [4.69, 9.17) is 21.1 Å². The number of aromatic carboxylic acids is 1. The summed E-state index contributed by atoms with van der Waals surface area (Å²) in [7, 11) is 0. The first-order chi connectivity index (χ1) is 8.58. The smallest absolute Gasteiger partial charge is 0.337 e. The molecule has 7 heteroatoms. The summed E-state index contributed by atoms with van der Waals surface area (Å²) in [5, 5.41) is 11.2. The third kappa shape index (κ3) is 2.49. The highest BCUT2D eigenvalue weighted by molar-refractivity contribution is 6.32. The fourth-order valence-electron chi connectivity index (χ4n) is 1.28. The molecule has 0 unspecified atom stereocenters. The number of carboxylic acids is 1. The summed E-state index contributed by atoms with van der Waals surface area (Å²) in [5.74, 6) is -1.63. The van der Waals surface area contributed by atoms with Gasteiger partial charge >= 0.3 is 5.97 Å². The fraction of sp³-hybridized carbons (Fsp3) is 0. The van der Waals surface area contributed by atoms with E-state index >= 15 is 0 Å². The van der Waals surface area contributed by atoms with Crippen LogP contribution in [0.4, 0.5) is 5.69 Å². The maximum Gasteiger partial charge on any atom is 0.337 e. The number of carbonyl (C=O) groups is 2. The van der Waals surface area contributed by atoms with E-state index in [0.29, 0.717) is 0 Å². The zero-order valence-corrected chi connectivity index (χ0v) is 9.64. The number of nitrogens with one attached hydrogen (secondary N) is 1. The molecule has 92 valence electrons. The molecule has 0 bridgehead atoms. The van der Waals surface area contributed by atoms with Crippen LogP contribution >= 0.6 is 11.6 Å². The molecule has 0 aliphatic heterocycles. The van der Waals surface area contributed by atoms with Crippen molar-refractivity contribution in [3.63, 3.8) is 0 Å². The molecule has 2 aromatic heterocycles. The van der Waals surface area contributed by atoms with Gasteiger partial charge in [0, 0.05) is 6.20 Å². The second kappa shape index (κ2) is 4.89. The van der Waals surface area contributed by atoms with Gasteiger partial charge in [0.25, 0.3) is 5.91 Å². The van der Waals surface area contributed by atoms with Crippen LogP contribution in [0.1, 0.15) is 20.7 Å². The molecule has 0 aliphatic rings. The summed E-state index contributed by atoms with van der Waals surface area (Å²) in [5.41, 5.74) is 0.403. The third-order valence-corrected chi connectivity index (χ3v) is 2.40. The van der Waals surface area contributed by atoms with E-state index < -0.39 is 11.9 Å². The van der Waals surface area contributed by atoms with E-state index in [9.17, 15) is 9.59 Å². The van der Waals surface area contributed by atoms with Crippen LogP contribution in [0.2, 0.25) is 5.22 Å². The Morgan fingerprint density at radius 3 is 2.78 bits per heavy atom. The van der Waals surface area contributed by atoms with Crippen molar-refractivity contribution in [3.8, 4) is 0 Å². The Labute approximate surface area is 106 Å². The summed E-state index contributed by atoms with van der Waals surface area (Å²) >= 11 is 5.65. The minimum atomic E-state index is -1.13. The summed E-state index contributed by atoms with van der Waals surface area (Å²) < 4.78 is 4.78. The van der Waals surface area contributed by atoms with Crippen LogP contribution in [0, 0.1) is 0 Å². The second-order valence-electron chi connectivity index (χ2n) is 3.33. The molecular formula is C11H7ClN2O4. The first kappa shape index (κ1) is 12.1. The molecule has 0 radical (unpaired) electrons. The standard InChI is InChI=1S/C11H7ClN2O4/c12-9-8(1-2-18-9)10(15)14-7-3-6(11(16)17)4-13-5-7/h1-5H,(H,14,15)(H,16,17). The topological polar surface area (TPSA) is 92.4 Å². The Balaban J connectivity index is 2.20. The highest BCUT2D eigenvalue weighted by Crippen LogP contribution is 2.18. The lowest BCUT2D eigenvalue weighted by atomic mass is 10.2. The first-order valence-corrected chi connectivity index (χ1v) is 5.18. The lowest BCUT2D eigenvalue weighted by Gasteiger charge is -2.04. The molecule has 0 aliphatic carbocycles. The lowest BCUT2D eigenvalue weighted by molar-refractivity contribution is 0.0696. The Morgan fingerprint density at radius 2 is 2.17 bits per heavy atom. The predicted octanol–water partition coefficient (Wildman–Crippen LogP) is 2.28. The number of carboxylic acid groups (broad SMARTS) is 1. The molecule has 18 heavy (non-hydrogen) atoms. The number of nitrogens with zero attached hydrogens (tertiary/aromatic N) is 1. The minimum Gasteiger partial charge on any atom is -0.478 e. The van der Waals surface area contributed by atoms with Gasteiger partial charge in [-0.2, -0.15) is 0 Å². The van der Waals surface area contributed by atoms with E-state index in [2.05, 4.69) is 10.3 Å². The van der Waals surface area contributed by atoms with Gasteiger partial charge < -0.3 is 14.8 Å². The maximum absolute atomic E-state index is 11.7. The number of hydrogen-bond acceptors (Lipinski definition) is 4. The number of furan rings is 1. The summed E-state index contributed by atoms with van der Waals surface area (Å²) in [6.45, 7) is 0. The molecule has 2 aromatic rings. The van der Waals surface area contributed by atoms with Crippen LogP contribution in [0.5, 0.6) is 0 Å². The molecule has 2 heterocycles. The van der Waals surface area contributed by atoms with Crippen molar-refractivity contribution in [2.24, 2.45) is 0 Å². The molecule has 0 saturated carbocycles. The van der Waals surface area contributed by atoms with Crippen molar-refractivity contribution in [1.82, 2.24) is 4.98 Å². The van der Waals surface area contributed by atoms with Crippen LogP contribution in [-0.4, -0.2) is 22.0 Å². The normalized spacial score (nSPS) is 10.1. The van der Waals surface area contributed by atoms with E-state index in [1.54, 1.807) is 0 Å². The van der Waals surface area contributed by atoms with E-state index in [0.717, 1.165) is 0 Å². The molecular weight excluding hydrogens is 260 g/mol. The molecule has 0 aromatic carbocycles. The first-order valence-electron chi connectivity index (χ1n) is 4.80. The molecule has 0 fully saturated rings. The number of carbonyl (C=O) groups excluding carboxylic acids is 1. The highest BCUT2D eigenvalue weighted by atomic mass is 35.5. The third-order valence-electron chi connectivity index (χ3n) is 2.11. The SMILES string of the molecule is O=C(O)c1cncc(NC(=O)c2ccoc2Cl)c1. The van der Waals surface area contributed by atoms with E-state index in [1.165, 1.54) is 30.8 Å². The Hall–Kier alpha value is -2.34. The van der Waals surface area contributed by atoms with Gasteiger partial charge in [0.15, 0.2) is 0 Å². The molecule has 0 atom stereocenters. The van der Waals surface area contributed by atoms with Gasteiger partial charge in [-0.3, -0.25) is 9.78 Å². The van der Waals surface area contributed by atoms with Gasteiger partial charge in [-0.25, -0.2) is 4.79 Å². The quantitative estimate of drug-likeness (QED) is 0.889. The molecule has 0 spiro atoms. The molecule has 6 nitrogen and oxygen atoms in total. The number of rotatable bonds is 3. The number of aromatic nitrogens is 1. The van der Waals surface area contributed by atoms with Gasteiger partial charge in [-0.1, -0.05) is 0 Å². The van der Waals surface area contributed by atoms with Crippen LogP contribution in [0.15, 0.2) is 35.2 Å².